The normalized spacial score (nSPS) is 10.6. The van der Waals surface area contributed by atoms with Crippen LogP contribution in [0.1, 0.15) is 39.9 Å². The molecular formula is C30H27N9O2. The molecule has 0 aliphatic heterocycles. The summed E-state index contributed by atoms with van der Waals surface area (Å²) in [4.78, 5) is 33.1. The van der Waals surface area contributed by atoms with Crippen molar-refractivity contribution in [1.82, 2.24) is 33.9 Å². The fourth-order valence-corrected chi connectivity index (χ4v) is 4.36. The summed E-state index contributed by atoms with van der Waals surface area (Å²) in [5.74, 6) is 6.52. The Morgan fingerprint density at radius 1 is 1.02 bits per heavy atom. The summed E-state index contributed by atoms with van der Waals surface area (Å²) in [6, 6.07) is 16.9. The molecule has 2 aromatic carbocycles. The molecular weight excluding hydrogens is 518 g/mol. The van der Waals surface area contributed by atoms with Crippen LogP contribution in [0, 0.1) is 18.8 Å². The number of fused-ring (bicyclic) bond motifs is 2. The van der Waals surface area contributed by atoms with E-state index in [1.807, 2.05) is 69.4 Å². The Morgan fingerprint density at radius 3 is 2.46 bits per heavy atom. The number of nitrogens with zero attached hydrogens (tertiary/aromatic N) is 7. The average Bonchev–Trinajstić information content (AvgIpc) is 3.49. The molecule has 0 fully saturated rings. The molecule has 204 valence electrons. The summed E-state index contributed by atoms with van der Waals surface area (Å²) in [6.45, 7) is 3.97. The van der Waals surface area contributed by atoms with Crippen LogP contribution in [0.4, 0.5) is 5.82 Å². The van der Waals surface area contributed by atoms with E-state index >= 15 is 0 Å². The number of hydrogen-bond donors (Lipinski definition) is 2. The second-order valence-electron chi connectivity index (χ2n) is 9.09. The highest BCUT2D eigenvalue weighted by atomic mass is 16.1. The second-order valence-corrected chi connectivity index (χ2v) is 9.09. The van der Waals surface area contributed by atoms with Gasteiger partial charge < -0.3 is 11.5 Å². The van der Waals surface area contributed by atoms with Gasteiger partial charge in [0, 0.05) is 31.4 Å². The van der Waals surface area contributed by atoms with E-state index in [0.29, 0.717) is 28.5 Å². The Hall–Kier alpha value is -5.76. The number of amides is 1. The minimum Gasteiger partial charge on any atom is -0.381 e. The summed E-state index contributed by atoms with van der Waals surface area (Å²) in [5, 5.41) is 8.63. The Labute approximate surface area is 235 Å². The number of rotatable bonds is 3. The van der Waals surface area contributed by atoms with Crippen molar-refractivity contribution in [3.05, 3.63) is 112 Å². The number of anilines is 1. The van der Waals surface area contributed by atoms with Gasteiger partial charge in [-0.05, 0) is 37.3 Å². The molecule has 41 heavy (non-hydrogen) atoms. The van der Waals surface area contributed by atoms with Crippen molar-refractivity contribution in [2.24, 2.45) is 12.8 Å². The highest BCUT2D eigenvalue weighted by molar-refractivity contribution is 6.03. The number of para-hydroxylation sites is 1. The zero-order valence-corrected chi connectivity index (χ0v) is 22.7. The number of nitrogens with two attached hydrogens (primary N) is 2. The third kappa shape index (κ3) is 5.14. The molecule has 4 heterocycles. The summed E-state index contributed by atoms with van der Waals surface area (Å²) < 4.78 is 4.88. The zero-order valence-electron chi connectivity index (χ0n) is 22.7. The Balaban J connectivity index is 0.000000216. The predicted molar refractivity (Wildman–Crippen MR) is 157 cm³/mol. The van der Waals surface area contributed by atoms with Gasteiger partial charge in [-0.1, -0.05) is 43.0 Å². The van der Waals surface area contributed by atoms with E-state index in [0.717, 1.165) is 22.8 Å². The zero-order chi connectivity index (χ0) is 29.1. The average molecular weight is 546 g/mol. The molecule has 0 aliphatic carbocycles. The topological polar surface area (TPSA) is 152 Å². The van der Waals surface area contributed by atoms with E-state index in [-0.39, 0.29) is 16.9 Å². The number of nitrogen functional groups attached to an aromatic ring is 1. The molecule has 0 aliphatic rings. The smallest absolute Gasteiger partial charge is 0.267 e. The molecule has 4 aromatic heterocycles. The fourth-order valence-electron chi connectivity index (χ4n) is 4.36. The molecule has 0 saturated heterocycles. The maximum absolute atomic E-state index is 13.5. The number of primary amides is 1. The van der Waals surface area contributed by atoms with E-state index in [1.165, 1.54) is 4.52 Å². The SMILES string of the molecule is CCc1nc2cccc(C#Cc3cnn(C)c3C)c2c(=O)n1-c1ccccc1.NC(=O)c1c(N)nn2cccnc12. The van der Waals surface area contributed by atoms with Crippen LogP contribution in [0.5, 0.6) is 0 Å². The summed E-state index contributed by atoms with van der Waals surface area (Å²) in [7, 11) is 1.88. The predicted octanol–water partition coefficient (Wildman–Crippen LogP) is 2.80. The number of hydrogen-bond acceptors (Lipinski definition) is 7. The standard InChI is InChI=1S/C23H20N4O.C7H7N5O/c1-4-21-25-20-12-8-9-17(13-14-18-15-24-26(3)16(18)2)22(20)23(28)27(21)19-10-6-5-7-11-19;8-5-4(6(9)13)7-10-2-1-3-12(7)11-5/h5-12,15H,4H2,1-3H3;1-3H,(H2,8,11)(H2,9,13). The van der Waals surface area contributed by atoms with Crippen LogP contribution in [0.3, 0.4) is 0 Å². The number of aromatic nitrogens is 7. The number of carbonyl (C=O) groups is 1. The Morgan fingerprint density at radius 2 is 1.78 bits per heavy atom. The van der Waals surface area contributed by atoms with Crippen LogP contribution in [0.2, 0.25) is 0 Å². The molecule has 0 bridgehead atoms. The van der Waals surface area contributed by atoms with Crippen LogP contribution >= 0.6 is 0 Å². The molecule has 0 spiro atoms. The quantitative estimate of drug-likeness (QED) is 0.324. The third-order valence-electron chi connectivity index (χ3n) is 6.53. The summed E-state index contributed by atoms with van der Waals surface area (Å²) in [5.41, 5.74) is 15.0. The molecule has 0 saturated carbocycles. The van der Waals surface area contributed by atoms with Crippen molar-refractivity contribution in [3.63, 3.8) is 0 Å². The fraction of sp³-hybridized carbons (Fsp3) is 0.133. The monoisotopic (exact) mass is 545 g/mol. The van der Waals surface area contributed by atoms with Gasteiger partial charge in [0.05, 0.1) is 34.0 Å². The van der Waals surface area contributed by atoms with Crippen LogP contribution in [0.25, 0.3) is 22.2 Å². The number of benzene rings is 2. The lowest BCUT2D eigenvalue weighted by atomic mass is 10.1. The first-order valence-electron chi connectivity index (χ1n) is 12.8. The maximum Gasteiger partial charge on any atom is 0.267 e. The van der Waals surface area contributed by atoms with E-state index in [1.54, 1.807) is 33.9 Å². The minimum atomic E-state index is -0.619. The third-order valence-corrected chi connectivity index (χ3v) is 6.53. The van der Waals surface area contributed by atoms with Crippen molar-refractivity contribution in [3.8, 4) is 17.5 Å². The molecule has 1 amide bonds. The lowest BCUT2D eigenvalue weighted by Gasteiger charge is -2.13. The molecule has 0 unspecified atom stereocenters. The van der Waals surface area contributed by atoms with Crippen molar-refractivity contribution >= 4 is 28.3 Å². The van der Waals surface area contributed by atoms with Crippen LogP contribution in [-0.2, 0) is 13.5 Å². The minimum absolute atomic E-state index is 0.0964. The van der Waals surface area contributed by atoms with Gasteiger partial charge in [0.1, 0.15) is 11.4 Å². The van der Waals surface area contributed by atoms with E-state index in [4.69, 9.17) is 16.5 Å². The largest absolute Gasteiger partial charge is 0.381 e. The Bertz CT molecular complexity index is 2030. The molecule has 11 heteroatoms. The molecule has 6 rings (SSSR count). The van der Waals surface area contributed by atoms with Gasteiger partial charge in [-0.2, -0.15) is 5.10 Å². The number of carbonyl (C=O) groups excluding carboxylic acids is 1. The van der Waals surface area contributed by atoms with Crippen molar-refractivity contribution < 1.29 is 4.79 Å². The van der Waals surface area contributed by atoms with Gasteiger partial charge in [0.15, 0.2) is 11.5 Å². The van der Waals surface area contributed by atoms with Crippen LogP contribution in [-0.4, -0.2) is 39.8 Å². The first-order chi connectivity index (χ1) is 19.8. The van der Waals surface area contributed by atoms with Gasteiger partial charge in [0.25, 0.3) is 11.5 Å². The highest BCUT2D eigenvalue weighted by Gasteiger charge is 2.16. The lowest BCUT2D eigenvalue weighted by molar-refractivity contribution is 0.100. The first kappa shape index (κ1) is 26.8. The maximum atomic E-state index is 13.5. The van der Waals surface area contributed by atoms with E-state index < -0.39 is 5.91 Å². The molecule has 0 atom stereocenters. The highest BCUT2D eigenvalue weighted by Crippen LogP contribution is 2.17. The molecule has 6 aromatic rings. The van der Waals surface area contributed by atoms with Gasteiger partial charge in [-0.25, -0.2) is 14.5 Å². The van der Waals surface area contributed by atoms with Crippen LogP contribution in [0.15, 0.2) is 78.0 Å². The molecule has 4 N–H and O–H groups in total. The van der Waals surface area contributed by atoms with Crippen molar-refractivity contribution in [2.75, 3.05) is 5.73 Å². The lowest BCUT2D eigenvalue weighted by Crippen LogP contribution is -2.24. The second kappa shape index (κ2) is 11.2. The first-order valence-corrected chi connectivity index (χ1v) is 12.8. The van der Waals surface area contributed by atoms with Crippen molar-refractivity contribution in [2.45, 2.75) is 20.3 Å². The Kier molecular flexibility index (Phi) is 7.30. The van der Waals surface area contributed by atoms with Gasteiger partial charge in [0.2, 0.25) is 0 Å². The van der Waals surface area contributed by atoms with Gasteiger partial charge in [-0.15, -0.1) is 5.10 Å². The summed E-state index contributed by atoms with van der Waals surface area (Å²) >= 11 is 0. The van der Waals surface area contributed by atoms with E-state index in [2.05, 4.69) is 27.0 Å². The molecule has 0 radical (unpaired) electrons. The van der Waals surface area contributed by atoms with Crippen molar-refractivity contribution in [1.29, 1.82) is 0 Å². The van der Waals surface area contributed by atoms with Crippen LogP contribution < -0.4 is 17.0 Å². The van der Waals surface area contributed by atoms with Gasteiger partial charge in [-0.3, -0.25) is 18.8 Å². The molecule has 11 nitrogen and oxygen atoms in total. The summed E-state index contributed by atoms with van der Waals surface area (Å²) in [6.07, 6.45) is 5.59. The number of aryl methyl sites for hydroxylation is 2. The van der Waals surface area contributed by atoms with Gasteiger partial charge >= 0.3 is 0 Å². The van der Waals surface area contributed by atoms with E-state index in [9.17, 15) is 9.59 Å².